The molecule has 14 nitrogen and oxygen atoms in total. The summed E-state index contributed by atoms with van der Waals surface area (Å²) >= 11 is 28.1. The van der Waals surface area contributed by atoms with E-state index in [1.807, 2.05) is 19.9 Å². The van der Waals surface area contributed by atoms with Gasteiger partial charge >= 0.3 is 0 Å². The number of amides is 2. The van der Waals surface area contributed by atoms with Crippen molar-refractivity contribution in [1.29, 1.82) is 0 Å². The third-order valence-electron chi connectivity index (χ3n) is 30.4. The molecule has 2 saturated heterocycles. The number of hydrogen-bond acceptors (Lipinski definition) is 24. The summed E-state index contributed by atoms with van der Waals surface area (Å²) in [7, 11) is 0. The molecular weight excluding hydrogens is 1680 g/mol. The molecule has 16 aliphatic rings. The molecule has 24 rings (SSSR count). The van der Waals surface area contributed by atoms with Crippen LogP contribution in [0.3, 0.4) is 0 Å². The van der Waals surface area contributed by atoms with Crippen LogP contribution in [0.5, 0.6) is 23.0 Å². The van der Waals surface area contributed by atoms with E-state index in [0.717, 1.165) is 252 Å². The Morgan fingerprint density at radius 1 is 0.379 bits per heavy atom. The first-order valence-corrected chi connectivity index (χ1v) is 51.8. The zero-order valence-corrected chi connectivity index (χ0v) is 74.4. The molecule has 12 fully saturated rings. The minimum atomic E-state index is -0.732. The Hall–Kier alpha value is -5.36. The van der Waals surface area contributed by atoms with Gasteiger partial charge in [0.25, 0.3) is 11.8 Å². The van der Waals surface area contributed by atoms with Crippen LogP contribution in [0.1, 0.15) is 238 Å². The number of carbonyl (C=O) groups excluding carboxylic acids is 6. The number of thiocarbonyl (C=S) groups is 2. The van der Waals surface area contributed by atoms with E-state index in [9.17, 15) is 28.8 Å². The maximum absolute atomic E-state index is 14.7. The molecule has 8 aromatic heterocycles. The largest absolute Gasteiger partial charge is 0.479 e. The van der Waals surface area contributed by atoms with Crippen molar-refractivity contribution in [3.8, 4) is 62.0 Å². The van der Waals surface area contributed by atoms with Crippen LogP contribution in [-0.4, -0.2) is 77.9 Å². The molecule has 26 heteroatoms. The van der Waals surface area contributed by atoms with Crippen LogP contribution in [0.2, 0.25) is 0 Å². The number of thioether (sulfide) groups is 2. The number of Topliss-reactive ketones (excluding diaryl/α,β-unsaturated/α-hetero) is 4. The summed E-state index contributed by atoms with van der Waals surface area (Å²) in [5.74, 6) is 5.00. The number of likely N-dealkylation sites (N-methyl/N-ethyl adjacent to an activating group) is 2. The number of aliphatic imine (C=N–C) groups is 2. The second-order valence-corrected chi connectivity index (χ2v) is 47.9. The van der Waals surface area contributed by atoms with Crippen LogP contribution in [0.4, 0.5) is 10.0 Å². The van der Waals surface area contributed by atoms with Gasteiger partial charge in [0.15, 0.2) is 57.6 Å². The lowest BCUT2D eigenvalue weighted by molar-refractivity contribution is -0.123. The number of carbonyl (C=O) groups is 6. The predicted molar refractivity (Wildman–Crippen MR) is 481 cm³/mol. The van der Waals surface area contributed by atoms with Crippen LogP contribution >= 0.6 is 139 Å². The van der Waals surface area contributed by atoms with E-state index in [-0.39, 0.29) is 70.0 Å². The van der Waals surface area contributed by atoms with Crippen LogP contribution in [-0.2, 0) is 51.2 Å². The zero-order valence-electron chi connectivity index (χ0n) is 64.6. The van der Waals surface area contributed by atoms with Gasteiger partial charge in [-0.25, -0.2) is 9.98 Å². The minimum Gasteiger partial charge on any atom is -0.479 e. The summed E-state index contributed by atoms with van der Waals surface area (Å²) in [6, 6.07) is 9.01. The lowest BCUT2D eigenvalue weighted by Gasteiger charge is -2.48. The number of thiophene rings is 8. The summed E-state index contributed by atoms with van der Waals surface area (Å²) in [5, 5.41) is 1.40. The Balaban J connectivity index is 0.585. The molecule has 0 radical (unpaired) electrons. The molecule has 10 atom stereocenters. The zero-order chi connectivity index (χ0) is 77.9. The van der Waals surface area contributed by atoms with Crippen molar-refractivity contribution in [2.24, 2.45) is 69.2 Å². The lowest BCUT2D eigenvalue weighted by atomic mass is 9.64. The second-order valence-electron chi connectivity index (χ2n) is 36.2. The summed E-state index contributed by atoms with van der Waals surface area (Å²) in [6.45, 7) is 5.01. The van der Waals surface area contributed by atoms with E-state index < -0.39 is 22.4 Å². The van der Waals surface area contributed by atoms with E-state index in [1.165, 1.54) is 76.5 Å². The number of ether oxygens (including phenoxy) is 4. The topological polar surface area (TPSA) is 171 Å². The first-order chi connectivity index (χ1) is 56.4. The highest BCUT2D eigenvalue weighted by molar-refractivity contribution is 8.27. The Morgan fingerprint density at radius 3 is 1.09 bits per heavy atom. The molecule has 14 heterocycles. The standard InChI is InChI=1S/C90H86N4O10S12/c1-3-93-83(99)57(109-85(93)105)36-47-34-53-71(107-47)75-67(101-87(53)23-11-5-12-24-87)79-82(113-75)70-76(114-79)72-54(35-48(108-72)37-58-84(100)94(4-2)86(106)110-58)90(104-70)27-15-20-46(40-90)41-21-28-89(29-22-41)56-39-60(92-62-65(97)51-32-44-18-9-10-19-45(44)33-52(51)66(62)98)112-74(56)78-69(103-89)81-80(116-78)68-77(115-81)73-55(88(102-68)25-13-6-14-26-88)38-59(111-73)91-61-63(95)49-30-42-16-7-8-17-43(42)31-50(49)64(61)96/h34-39,41-46,49-52H,3-33,40H2,1-2H3/b57-36-,58-37-,91-61?,92-62?. The number of rotatable bonds is 7. The molecule has 116 heavy (non-hydrogen) atoms. The molecule has 0 N–H and O–H groups in total. The first-order valence-electron chi connectivity index (χ1n) is 42.8. The van der Waals surface area contributed by atoms with Gasteiger partial charge in [0, 0.05) is 68.8 Å². The molecular formula is C90H86N4O10S12. The van der Waals surface area contributed by atoms with Crippen molar-refractivity contribution in [1.82, 2.24) is 9.80 Å². The lowest BCUT2D eigenvalue weighted by Crippen LogP contribution is -2.44. The van der Waals surface area contributed by atoms with E-state index >= 15 is 0 Å². The highest BCUT2D eigenvalue weighted by Gasteiger charge is 2.58. The Bertz CT molecular complexity index is 5790. The maximum atomic E-state index is 14.7. The predicted octanol–water partition coefficient (Wildman–Crippen LogP) is 25.1. The number of nitrogens with zero attached hydrogens (tertiary/aromatic N) is 4. The van der Waals surface area contributed by atoms with Gasteiger partial charge in [0.2, 0.25) is 0 Å². The Labute approximate surface area is 724 Å². The molecule has 6 aliphatic heterocycles. The molecule has 10 aliphatic carbocycles. The summed E-state index contributed by atoms with van der Waals surface area (Å²) in [4.78, 5) is 112. The van der Waals surface area contributed by atoms with Gasteiger partial charge in [0.1, 0.15) is 41.0 Å². The first kappa shape index (κ1) is 74.5. The van der Waals surface area contributed by atoms with E-state index in [1.54, 1.807) is 100 Å². The quantitative estimate of drug-likeness (QED) is 0.109. The Kier molecular flexibility index (Phi) is 17.7. The molecule has 4 spiro atoms. The molecule has 10 saturated carbocycles. The molecule has 10 unspecified atom stereocenters. The van der Waals surface area contributed by atoms with Crippen molar-refractivity contribution in [2.75, 3.05) is 13.1 Å². The van der Waals surface area contributed by atoms with Gasteiger partial charge in [-0.3, -0.25) is 38.6 Å². The van der Waals surface area contributed by atoms with Crippen molar-refractivity contribution in [3.05, 3.63) is 66.1 Å². The van der Waals surface area contributed by atoms with Gasteiger partial charge in [-0.2, -0.15) is 0 Å². The number of fused-ring (bicyclic) bond motifs is 26. The second kappa shape index (κ2) is 27.6. The highest BCUT2D eigenvalue weighted by atomic mass is 32.2. The van der Waals surface area contributed by atoms with Crippen LogP contribution in [0, 0.1) is 59.2 Å². The molecule has 598 valence electrons. The van der Waals surface area contributed by atoms with Crippen LogP contribution < -0.4 is 18.9 Å². The van der Waals surface area contributed by atoms with Crippen molar-refractivity contribution in [2.45, 2.75) is 229 Å². The van der Waals surface area contributed by atoms with Gasteiger partial charge < -0.3 is 18.9 Å². The smallest absolute Gasteiger partial charge is 0.266 e. The van der Waals surface area contributed by atoms with Gasteiger partial charge in [0.05, 0.1) is 67.6 Å². The van der Waals surface area contributed by atoms with Crippen LogP contribution in [0.25, 0.3) is 70.0 Å². The van der Waals surface area contributed by atoms with E-state index in [2.05, 4.69) is 30.3 Å². The number of hydrogen-bond donors (Lipinski definition) is 0. The average Bonchev–Trinajstić information content (AvgIpc) is 1.53. The SMILES string of the molecule is CCN1C(=O)/C(=C/c2cc3c(s2)-c2sc4c5c(sc4c2OC32CCCCC2)-c2sc(/C=C3\SC(=S)N(CC)C3=O)cc2C2(CCCC(C3CCC4(CC3)Oc3c(sc6c7c(sc36)-c3sc(N=C6C(=O)C8CC9CCCCC9CC8C6=O)cc3C3(CCCCC3)O7)-c3sc(N=C6C(=O)C7CC8CCCCC8CC7C6=O)cc34)C2)O5)SC1=S. The molecule has 8 aromatic rings. The Morgan fingerprint density at radius 2 is 0.716 bits per heavy atom. The highest BCUT2D eigenvalue weighted by Crippen LogP contribution is 2.71. The van der Waals surface area contributed by atoms with E-state index in [0.29, 0.717) is 77.1 Å². The number of ketones is 4. The van der Waals surface area contributed by atoms with Gasteiger partial charge in [-0.05, 0) is 214 Å². The molecule has 0 aromatic carbocycles. The fraction of sp³-hybridized carbons (Fsp3) is 0.533. The monoisotopic (exact) mass is 1770 g/mol. The van der Waals surface area contributed by atoms with Crippen molar-refractivity contribution >= 4 is 235 Å². The molecule has 2 amide bonds. The summed E-state index contributed by atoms with van der Waals surface area (Å²) in [5.41, 5.74) is 2.51. The van der Waals surface area contributed by atoms with Gasteiger partial charge in [-0.1, -0.05) is 112 Å². The van der Waals surface area contributed by atoms with E-state index in [4.69, 9.17) is 53.4 Å². The summed E-state index contributed by atoms with van der Waals surface area (Å²) in [6.07, 6.45) is 33.9. The minimum absolute atomic E-state index is 0.0332. The third-order valence-corrected chi connectivity index (χ3v) is 42.9. The third kappa shape index (κ3) is 11.1. The summed E-state index contributed by atoms with van der Waals surface area (Å²) < 4.78 is 36.9. The molecule has 0 bridgehead atoms. The van der Waals surface area contributed by atoms with Crippen LogP contribution in [0.15, 0.2) is 44.1 Å². The van der Waals surface area contributed by atoms with Gasteiger partial charge in [-0.15, -0.1) is 90.7 Å². The normalized spacial score (nSPS) is 31.8. The fourth-order valence-electron chi connectivity index (χ4n) is 24.7. The van der Waals surface area contributed by atoms with Crippen molar-refractivity contribution < 1.29 is 47.7 Å². The van der Waals surface area contributed by atoms with Crippen molar-refractivity contribution in [3.63, 3.8) is 0 Å². The average molecular weight is 1770 g/mol. The fourth-order valence-corrected chi connectivity index (χ4v) is 38.0. The maximum Gasteiger partial charge on any atom is 0.266 e.